The van der Waals surface area contributed by atoms with Gasteiger partial charge in [-0.15, -0.1) is 24.0 Å². The number of nitrogens with zero attached hydrogens (tertiary/aromatic N) is 2. The zero-order valence-electron chi connectivity index (χ0n) is 14.7. The van der Waals surface area contributed by atoms with Gasteiger partial charge in [-0.25, -0.2) is 0 Å². The van der Waals surface area contributed by atoms with Crippen LogP contribution in [-0.2, 0) is 4.74 Å². The number of guanidine groups is 1. The molecule has 1 aliphatic heterocycles. The third-order valence-corrected chi connectivity index (χ3v) is 3.74. The largest absolute Gasteiger partial charge is 0.390 e. The number of nitrogens with one attached hydrogen (secondary N) is 2. The van der Waals surface area contributed by atoms with Gasteiger partial charge < -0.3 is 15.4 Å². The van der Waals surface area contributed by atoms with Crippen LogP contribution in [0.2, 0.25) is 0 Å². The summed E-state index contributed by atoms with van der Waals surface area (Å²) in [6.45, 7) is 8.06. The average Bonchev–Trinajstić information content (AvgIpc) is 2.48. The van der Waals surface area contributed by atoms with Crippen LogP contribution in [0, 0.1) is 5.92 Å². The predicted octanol–water partition coefficient (Wildman–Crippen LogP) is 2.47. The monoisotopic (exact) mass is 466 g/mol. The quantitative estimate of drug-likeness (QED) is 0.344. The van der Waals surface area contributed by atoms with E-state index in [4.69, 9.17) is 4.74 Å². The van der Waals surface area contributed by atoms with Crippen LogP contribution in [0.25, 0.3) is 0 Å². The minimum Gasteiger partial charge on any atom is -0.379 e. The maximum Gasteiger partial charge on any atom is 0.390 e. The summed E-state index contributed by atoms with van der Waals surface area (Å²) in [7, 11) is 1.56. The van der Waals surface area contributed by atoms with E-state index < -0.39 is 12.6 Å². The summed E-state index contributed by atoms with van der Waals surface area (Å²) in [5.74, 6) is 0.959. The number of ether oxygens (including phenoxy) is 1. The van der Waals surface area contributed by atoms with Gasteiger partial charge >= 0.3 is 6.18 Å². The molecule has 5 nitrogen and oxygen atoms in total. The highest BCUT2D eigenvalue weighted by Crippen LogP contribution is 2.18. The fourth-order valence-corrected chi connectivity index (χ4v) is 2.61. The molecule has 9 heteroatoms. The lowest BCUT2D eigenvalue weighted by atomic mass is 10.0. The van der Waals surface area contributed by atoms with Crippen molar-refractivity contribution in [1.82, 2.24) is 15.5 Å². The summed E-state index contributed by atoms with van der Waals surface area (Å²) in [5, 5.41) is 5.86. The zero-order chi connectivity index (χ0) is 17.3. The number of alkyl halides is 3. The van der Waals surface area contributed by atoms with E-state index in [2.05, 4.69) is 34.4 Å². The molecule has 1 saturated heterocycles. The maximum atomic E-state index is 12.2. The summed E-state index contributed by atoms with van der Waals surface area (Å²) >= 11 is 0. The minimum absolute atomic E-state index is 0. The summed E-state index contributed by atoms with van der Waals surface area (Å²) in [6.07, 6.45) is -4.00. The number of rotatable bonds is 7. The van der Waals surface area contributed by atoms with Crippen LogP contribution < -0.4 is 10.6 Å². The molecule has 1 aliphatic rings. The number of hydrogen-bond acceptors (Lipinski definition) is 3. The Kier molecular flexibility index (Phi) is 12.0. The standard InChI is InChI=1S/C15H29F3N4O.HI/c1-12(2)10-13(22-6-8-23-9-7-22)11-21-14(19-3)20-5-4-15(16,17)18;/h12-13H,4-11H2,1-3H3,(H2,19,20,21);1H. The molecular formula is C15H30F3IN4O. The van der Waals surface area contributed by atoms with Crippen LogP contribution in [0.5, 0.6) is 0 Å². The van der Waals surface area contributed by atoms with Gasteiger partial charge in [0.05, 0.1) is 19.6 Å². The lowest BCUT2D eigenvalue weighted by molar-refractivity contribution is -0.132. The average molecular weight is 466 g/mol. The first-order valence-corrected chi connectivity index (χ1v) is 8.15. The Labute approximate surface area is 159 Å². The molecule has 1 fully saturated rings. The lowest BCUT2D eigenvalue weighted by Gasteiger charge is -2.35. The summed E-state index contributed by atoms with van der Waals surface area (Å²) in [5.41, 5.74) is 0. The molecule has 1 heterocycles. The Balaban J connectivity index is 0.00000529. The van der Waals surface area contributed by atoms with Gasteiger partial charge in [0, 0.05) is 39.3 Å². The molecule has 0 bridgehead atoms. The van der Waals surface area contributed by atoms with Gasteiger partial charge in [-0.2, -0.15) is 13.2 Å². The number of halogens is 4. The summed E-state index contributed by atoms with van der Waals surface area (Å²) < 4.78 is 42.0. The number of morpholine rings is 1. The van der Waals surface area contributed by atoms with Crippen LogP contribution >= 0.6 is 24.0 Å². The molecule has 0 aromatic heterocycles. The van der Waals surface area contributed by atoms with Crippen LogP contribution in [0.4, 0.5) is 13.2 Å². The molecule has 144 valence electrons. The molecular weight excluding hydrogens is 436 g/mol. The van der Waals surface area contributed by atoms with E-state index in [9.17, 15) is 13.2 Å². The molecule has 0 radical (unpaired) electrons. The topological polar surface area (TPSA) is 48.9 Å². The smallest absolute Gasteiger partial charge is 0.379 e. The number of aliphatic imine (C=N–C) groups is 1. The first kappa shape index (κ1) is 23.7. The molecule has 2 N–H and O–H groups in total. The van der Waals surface area contributed by atoms with E-state index in [1.54, 1.807) is 7.05 Å². The summed E-state index contributed by atoms with van der Waals surface area (Å²) in [6, 6.07) is 0.320. The van der Waals surface area contributed by atoms with E-state index in [0.29, 0.717) is 24.5 Å². The Bertz CT molecular complexity index is 361. The maximum absolute atomic E-state index is 12.2. The van der Waals surface area contributed by atoms with Crippen LogP contribution in [-0.4, -0.2) is 69.5 Å². The van der Waals surface area contributed by atoms with Gasteiger partial charge in [0.2, 0.25) is 0 Å². The Morgan fingerprint density at radius 2 is 1.83 bits per heavy atom. The molecule has 1 unspecified atom stereocenters. The highest BCUT2D eigenvalue weighted by Gasteiger charge is 2.26. The first-order valence-electron chi connectivity index (χ1n) is 8.15. The van der Waals surface area contributed by atoms with Crippen molar-refractivity contribution in [1.29, 1.82) is 0 Å². The zero-order valence-corrected chi connectivity index (χ0v) is 17.0. The first-order chi connectivity index (χ1) is 10.8. The molecule has 0 amide bonds. The fraction of sp³-hybridized carbons (Fsp3) is 0.933. The minimum atomic E-state index is -4.15. The Morgan fingerprint density at radius 1 is 1.21 bits per heavy atom. The Hall–Kier alpha value is -0.290. The second kappa shape index (κ2) is 12.1. The highest BCUT2D eigenvalue weighted by atomic mass is 127. The van der Waals surface area contributed by atoms with Crippen molar-refractivity contribution >= 4 is 29.9 Å². The van der Waals surface area contributed by atoms with E-state index in [0.717, 1.165) is 32.7 Å². The van der Waals surface area contributed by atoms with Gasteiger partial charge in [-0.1, -0.05) is 13.8 Å². The van der Waals surface area contributed by atoms with Crippen LogP contribution in [0.1, 0.15) is 26.7 Å². The second-order valence-corrected chi connectivity index (χ2v) is 6.18. The van der Waals surface area contributed by atoms with Crippen molar-refractivity contribution in [3.63, 3.8) is 0 Å². The van der Waals surface area contributed by atoms with Crippen molar-refractivity contribution in [3.05, 3.63) is 0 Å². The van der Waals surface area contributed by atoms with E-state index in [1.807, 2.05) is 0 Å². The fourth-order valence-electron chi connectivity index (χ4n) is 2.61. The molecule has 0 aliphatic carbocycles. The predicted molar refractivity (Wildman–Crippen MR) is 101 cm³/mol. The van der Waals surface area contributed by atoms with Gasteiger partial charge in [0.15, 0.2) is 5.96 Å². The molecule has 0 spiro atoms. The van der Waals surface area contributed by atoms with Gasteiger partial charge in [-0.3, -0.25) is 9.89 Å². The van der Waals surface area contributed by atoms with E-state index in [1.165, 1.54) is 0 Å². The van der Waals surface area contributed by atoms with Crippen LogP contribution in [0.3, 0.4) is 0 Å². The van der Waals surface area contributed by atoms with Gasteiger partial charge in [-0.05, 0) is 12.3 Å². The van der Waals surface area contributed by atoms with Crippen LogP contribution in [0.15, 0.2) is 4.99 Å². The number of hydrogen-bond donors (Lipinski definition) is 2. The van der Waals surface area contributed by atoms with Crippen molar-refractivity contribution in [3.8, 4) is 0 Å². The third kappa shape index (κ3) is 10.5. The SMILES string of the molecule is CN=C(NCCC(F)(F)F)NCC(CC(C)C)N1CCOCC1.I. The van der Waals surface area contributed by atoms with Crippen molar-refractivity contribution in [2.24, 2.45) is 10.9 Å². The van der Waals surface area contributed by atoms with E-state index in [-0.39, 0.29) is 30.5 Å². The second-order valence-electron chi connectivity index (χ2n) is 6.18. The van der Waals surface area contributed by atoms with Gasteiger partial charge in [0.25, 0.3) is 0 Å². The Morgan fingerprint density at radius 3 is 2.33 bits per heavy atom. The molecule has 0 aromatic rings. The van der Waals surface area contributed by atoms with E-state index >= 15 is 0 Å². The molecule has 0 saturated carbocycles. The molecule has 24 heavy (non-hydrogen) atoms. The van der Waals surface area contributed by atoms with Crippen molar-refractivity contribution in [2.45, 2.75) is 38.9 Å². The highest BCUT2D eigenvalue weighted by molar-refractivity contribution is 14.0. The summed E-state index contributed by atoms with van der Waals surface area (Å²) in [4.78, 5) is 6.36. The normalized spacial score (nSPS) is 18.2. The molecule has 0 aromatic carbocycles. The third-order valence-electron chi connectivity index (χ3n) is 3.74. The van der Waals surface area contributed by atoms with Crippen molar-refractivity contribution < 1.29 is 17.9 Å². The molecule has 1 rings (SSSR count). The molecule has 1 atom stereocenters. The van der Waals surface area contributed by atoms with Crippen molar-refractivity contribution in [2.75, 3.05) is 46.4 Å². The van der Waals surface area contributed by atoms with Gasteiger partial charge in [0.1, 0.15) is 0 Å². The lowest BCUT2D eigenvalue weighted by Crippen LogP contribution is -2.51.